The number of benzene rings is 1. The Balaban J connectivity index is 2.95. The second-order valence-corrected chi connectivity index (χ2v) is 3.91. The van der Waals surface area contributed by atoms with Crippen molar-refractivity contribution in [1.82, 2.24) is 0 Å². The number of carboxylic acid groups (broad SMARTS) is 1. The van der Waals surface area contributed by atoms with Gasteiger partial charge in [-0.3, -0.25) is 4.79 Å². The molecule has 1 aromatic carbocycles. The van der Waals surface area contributed by atoms with E-state index in [2.05, 4.69) is 0 Å². The van der Waals surface area contributed by atoms with Crippen LogP contribution in [0.2, 0.25) is 10.0 Å². The van der Waals surface area contributed by atoms with Gasteiger partial charge in [-0.2, -0.15) is 0 Å². The van der Waals surface area contributed by atoms with E-state index < -0.39 is 5.97 Å². The molecule has 0 radical (unpaired) electrons. The Morgan fingerprint density at radius 3 is 2.27 bits per heavy atom. The van der Waals surface area contributed by atoms with E-state index in [4.69, 9.17) is 28.3 Å². The third-order valence-electron chi connectivity index (χ3n) is 1.92. The lowest BCUT2D eigenvalue weighted by Crippen LogP contribution is -2.29. The second kappa shape index (κ2) is 5.24. The van der Waals surface area contributed by atoms with Crippen molar-refractivity contribution < 1.29 is 9.90 Å². The number of carboxylic acids is 1. The van der Waals surface area contributed by atoms with Crippen LogP contribution in [0.25, 0.3) is 0 Å². The Morgan fingerprint density at radius 2 is 1.87 bits per heavy atom. The summed E-state index contributed by atoms with van der Waals surface area (Å²) >= 11 is 11.7. The molecule has 1 N–H and O–H groups in total. The van der Waals surface area contributed by atoms with Crippen molar-refractivity contribution in [2.45, 2.75) is 6.92 Å². The Hall–Kier alpha value is -0.930. The molecule has 0 saturated heterocycles. The minimum Gasteiger partial charge on any atom is -0.480 e. The van der Waals surface area contributed by atoms with Crippen molar-refractivity contribution in [2.24, 2.45) is 0 Å². The highest BCUT2D eigenvalue weighted by Gasteiger charge is 2.09. The number of halogens is 2. The van der Waals surface area contributed by atoms with Crippen molar-refractivity contribution in [3.63, 3.8) is 0 Å². The Bertz CT molecular complexity index is 348. The van der Waals surface area contributed by atoms with Crippen LogP contribution in [0.3, 0.4) is 0 Å². The molecular weight excluding hydrogens is 237 g/mol. The van der Waals surface area contributed by atoms with Crippen LogP contribution < -0.4 is 4.90 Å². The largest absolute Gasteiger partial charge is 0.480 e. The summed E-state index contributed by atoms with van der Waals surface area (Å²) in [6, 6.07) is 5.00. The molecule has 0 heterocycles. The quantitative estimate of drug-likeness (QED) is 0.890. The number of rotatable bonds is 4. The van der Waals surface area contributed by atoms with Gasteiger partial charge in [0.1, 0.15) is 6.54 Å². The van der Waals surface area contributed by atoms with E-state index in [1.54, 1.807) is 23.1 Å². The SMILES string of the molecule is CCN(CC(=O)O)c1cc(Cl)cc(Cl)c1. The Kier molecular flexibility index (Phi) is 4.24. The van der Waals surface area contributed by atoms with Crippen molar-refractivity contribution in [1.29, 1.82) is 0 Å². The van der Waals surface area contributed by atoms with Gasteiger partial charge in [-0.1, -0.05) is 23.2 Å². The smallest absolute Gasteiger partial charge is 0.323 e. The van der Waals surface area contributed by atoms with Crippen LogP contribution in [0.15, 0.2) is 18.2 Å². The Morgan fingerprint density at radius 1 is 1.33 bits per heavy atom. The maximum atomic E-state index is 10.6. The summed E-state index contributed by atoms with van der Waals surface area (Å²) in [5.74, 6) is -0.882. The molecule has 82 valence electrons. The number of aliphatic carboxylic acids is 1. The molecule has 15 heavy (non-hydrogen) atoms. The molecule has 0 aliphatic carbocycles. The van der Waals surface area contributed by atoms with Gasteiger partial charge in [-0.25, -0.2) is 0 Å². The van der Waals surface area contributed by atoms with Crippen LogP contribution in [0.4, 0.5) is 5.69 Å². The zero-order valence-electron chi connectivity index (χ0n) is 8.20. The van der Waals surface area contributed by atoms with Gasteiger partial charge in [0, 0.05) is 22.3 Å². The zero-order valence-corrected chi connectivity index (χ0v) is 9.72. The van der Waals surface area contributed by atoms with Crippen molar-refractivity contribution >= 4 is 34.9 Å². The molecule has 3 nitrogen and oxygen atoms in total. The molecule has 0 aliphatic rings. The highest BCUT2D eigenvalue weighted by molar-refractivity contribution is 6.35. The van der Waals surface area contributed by atoms with Gasteiger partial charge in [-0.05, 0) is 25.1 Å². The van der Waals surface area contributed by atoms with Gasteiger partial charge in [0.15, 0.2) is 0 Å². The van der Waals surface area contributed by atoms with E-state index in [0.29, 0.717) is 16.6 Å². The predicted octanol–water partition coefficient (Wildman–Crippen LogP) is 2.90. The third-order valence-corrected chi connectivity index (χ3v) is 2.36. The minimum absolute atomic E-state index is 0.0623. The van der Waals surface area contributed by atoms with Gasteiger partial charge in [0.25, 0.3) is 0 Å². The maximum absolute atomic E-state index is 10.6. The number of carbonyl (C=O) groups is 1. The summed E-state index contributed by atoms with van der Waals surface area (Å²) in [6.45, 7) is 2.40. The van der Waals surface area contributed by atoms with Crippen molar-refractivity contribution in [3.05, 3.63) is 28.2 Å². The van der Waals surface area contributed by atoms with Crippen LogP contribution in [0.5, 0.6) is 0 Å². The molecule has 0 saturated carbocycles. The van der Waals surface area contributed by atoms with Crippen molar-refractivity contribution in [2.75, 3.05) is 18.0 Å². The molecule has 0 aliphatic heterocycles. The van der Waals surface area contributed by atoms with Crippen LogP contribution in [0.1, 0.15) is 6.92 Å². The molecule has 1 rings (SSSR count). The standard InChI is InChI=1S/C10H11Cl2NO2/c1-2-13(6-10(14)15)9-4-7(11)3-8(12)5-9/h3-5H,2,6H2,1H3,(H,14,15). The second-order valence-electron chi connectivity index (χ2n) is 3.04. The van der Waals surface area contributed by atoms with Gasteiger partial charge in [0.2, 0.25) is 0 Å². The first kappa shape index (κ1) is 12.1. The van der Waals surface area contributed by atoms with E-state index in [-0.39, 0.29) is 6.54 Å². The average Bonchev–Trinajstić information content (AvgIpc) is 2.12. The highest BCUT2D eigenvalue weighted by atomic mass is 35.5. The molecule has 0 unspecified atom stereocenters. The molecule has 1 aromatic rings. The molecule has 5 heteroatoms. The molecule has 0 bridgehead atoms. The number of nitrogens with zero attached hydrogens (tertiary/aromatic N) is 1. The van der Waals surface area contributed by atoms with Crippen LogP contribution in [-0.2, 0) is 4.79 Å². The maximum Gasteiger partial charge on any atom is 0.323 e. The molecule has 0 amide bonds. The third kappa shape index (κ3) is 3.61. The number of likely N-dealkylation sites (N-methyl/N-ethyl adjacent to an activating group) is 1. The molecular formula is C10H11Cl2NO2. The minimum atomic E-state index is -0.882. The normalized spacial score (nSPS) is 10.1. The van der Waals surface area contributed by atoms with E-state index >= 15 is 0 Å². The molecule has 0 atom stereocenters. The summed E-state index contributed by atoms with van der Waals surface area (Å²) < 4.78 is 0. The first-order valence-electron chi connectivity index (χ1n) is 4.45. The first-order valence-corrected chi connectivity index (χ1v) is 5.21. The Labute approximate surface area is 98.2 Å². The van der Waals surface area contributed by atoms with E-state index in [9.17, 15) is 4.79 Å². The van der Waals surface area contributed by atoms with Crippen LogP contribution in [-0.4, -0.2) is 24.2 Å². The average molecular weight is 248 g/mol. The number of hydrogen-bond acceptors (Lipinski definition) is 2. The van der Waals surface area contributed by atoms with Gasteiger partial charge in [-0.15, -0.1) is 0 Å². The topological polar surface area (TPSA) is 40.5 Å². The lowest BCUT2D eigenvalue weighted by molar-refractivity contribution is -0.135. The van der Waals surface area contributed by atoms with Gasteiger partial charge >= 0.3 is 5.97 Å². The summed E-state index contributed by atoms with van der Waals surface area (Å²) in [4.78, 5) is 12.3. The van der Waals surface area contributed by atoms with E-state index in [1.807, 2.05) is 6.92 Å². The van der Waals surface area contributed by atoms with Gasteiger partial charge in [0.05, 0.1) is 0 Å². The van der Waals surface area contributed by atoms with E-state index in [0.717, 1.165) is 5.69 Å². The molecule has 0 aromatic heterocycles. The molecule has 0 spiro atoms. The number of hydrogen-bond donors (Lipinski definition) is 1. The lowest BCUT2D eigenvalue weighted by Gasteiger charge is -2.21. The predicted molar refractivity (Wildman–Crippen MR) is 62.0 cm³/mol. The summed E-state index contributed by atoms with van der Waals surface area (Å²) in [5.41, 5.74) is 0.720. The van der Waals surface area contributed by atoms with Crippen molar-refractivity contribution in [3.8, 4) is 0 Å². The highest BCUT2D eigenvalue weighted by Crippen LogP contribution is 2.25. The first-order chi connectivity index (χ1) is 7.02. The van der Waals surface area contributed by atoms with E-state index in [1.165, 1.54) is 0 Å². The zero-order chi connectivity index (χ0) is 11.4. The van der Waals surface area contributed by atoms with Crippen LogP contribution >= 0.6 is 23.2 Å². The summed E-state index contributed by atoms with van der Waals surface area (Å²) in [7, 11) is 0. The lowest BCUT2D eigenvalue weighted by atomic mass is 10.3. The fourth-order valence-electron chi connectivity index (χ4n) is 1.27. The number of anilines is 1. The fourth-order valence-corrected chi connectivity index (χ4v) is 1.79. The molecule has 0 fully saturated rings. The summed E-state index contributed by atoms with van der Waals surface area (Å²) in [5, 5.41) is 9.71. The monoisotopic (exact) mass is 247 g/mol. The van der Waals surface area contributed by atoms with Crippen LogP contribution in [0, 0.1) is 0 Å². The van der Waals surface area contributed by atoms with Gasteiger partial charge < -0.3 is 10.0 Å². The fraction of sp³-hybridized carbons (Fsp3) is 0.300. The summed E-state index contributed by atoms with van der Waals surface area (Å²) in [6.07, 6.45) is 0.